The number of rotatable bonds is 7. The van der Waals surface area contributed by atoms with Crippen LogP contribution in [0.3, 0.4) is 0 Å². The zero-order chi connectivity index (χ0) is 15.4. The minimum absolute atomic E-state index is 0.0393. The van der Waals surface area contributed by atoms with Crippen molar-refractivity contribution in [3.05, 3.63) is 16.4 Å². The molecule has 0 aliphatic heterocycles. The summed E-state index contributed by atoms with van der Waals surface area (Å²) in [4.78, 5) is 15.7. The number of halogens is 1. The molecule has 0 saturated carbocycles. The highest BCUT2D eigenvalue weighted by Crippen LogP contribution is 2.33. The molecule has 2 aromatic rings. The number of carboxylic acid groups (broad SMARTS) is 1. The predicted octanol–water partition coefficient (Wildman–Crippen LogP) is 3.48. The van der Waals surface area contributed by atoms with Crippen molar-refractivity contribution in [1.29, 1.82) is 0 Å². The van der Waals surface area contributed by atoms with Crippen LogP contribution in [0.2, 0.25) is 0 Å². The van der Waals surface area contributed by atoms with E-state index in [1.54, 1.807) is 10.9 Å². The molecule has 0 aliphatic rings. The first-order valence-electron chi connectivity index (χ1n) is 7.01. The number of ether oxygens (including phenoxy) is 1. The monoisotopic (exact) mass is 355 g/mol. The molecule has 0 radical (unpaired) electrons. The Hall–Kier alpha value is -1.63. The van der Waals surface area contributed by atoms with Crippen LogP contribution >= 0.6 is 15.9 Å². The molecule has 0 bridgehead atoms. The van der Waals surface area contributed by atoms with Crippen molar-refractivity contribution in [2.75, 3.05) is 6.61 Å². The zero-order valence-corrected chi connectivity index (χ0v) is 13.7. The first kappa shape index (κ1) is 15.8. The molecule has 6 nitrogen and oxygen atoms in total. The van der Waals surface area contributed by atoms with Gasteiger partial charge in [0.15, 0.2) is 5.65 Å². The van der Waals surface area contributed by atoms with Crippen LogP contribution in [-0.2, 0) is 6.54 Å². The second-order valence-electron chi connectivity index (χ2n) is 4.66. The molecule has 0 aliphatic carbocycles. The van der Waals surface area contributed by atoms with Gasteiger partial charge in [0.1, 0.15) is 15.9 Å². The van der Waals surface area contributed by atoms with Gasteiger partial charge in [0, 0.05) is 6.54 Å². The summed E-state index contributed by atoms with van der Waals surface area (Å²) in [6, 6.07) is 0. The van der Waals surface area contributed by atoms with Crippen molar-refractivity contribution in [2.45, 2.75) is 39.7 Å². The van der Waals surface area contributed by atoms with Crippen molar-refractivity contribution in [2.24, 2.45) is 0 Å². The van der Waals surface area contributed by atoms with Crippen molar-refractivity contribution in [3.8, 4) is 5.75 Å². The van der Waals surface area contributed by atoms with Gasteiger partial charge in [0.05, 0.1) is 18.2 Å². The Bertz CT molecular complexity index is 654. The highest BCUT2D eigenvalue weighted by Gasteiger charge is 2.23. The van der Waals surface area contributed by atoms with Crippen LogP contribution in [0.25, 0.3) is 11.0 Å². The van der Waals surface area contributed by atoms with Crippen LogP contribution < -0.4 is 4.74 Å². The smallest absolute Gasteiger partial charge is 0.342 e. The van der Waals surface area contributed by atoms with E-state index in [0.717, 1.165) is 25.8 Å². The maximum absolute atomic E-state index is 11.4. The zero-order valence-electron chi connectivity index (χ0n) is 12.1. The van der Waals surface area contributed by atoms with Crippen molar-refractivity contribution < 1.29 is 14.6 Å². The molecule has 0 saturated heterocycles. The van der Waals surface area contributed by atoms with Crippen LogP contribution in [0.15, 0.2) is 10.8 Å². The summed E-state index contributed by atoms with van der Waals surface area (Å²) in [5.74, 6) is -0.748. The van der Waals surface area contributed by atoms with Crippen LogP contribution in [0.5, 0.6) is 5.75 Å². The number of aromatic nitrogens is 3. The Kier molecular flexibility index (Phi) is 5.17. The number of pyridine rings is 1. The van der Waals surface area contributed by atoms with Crippen LogP contribution in [0.4, 0.5) is 0 Å². The summed E-state index contributed by atoms with van der Waals surface area (Å²) < 4.78 is 7.59. The average Bonchev–Trinajstić information content (AvgIpc) is 2.82. The molecule has 0 aromatic carbocycles. The van der Waals surface area contributed by atoms with E-state index in [0.29, 0.717) is 23.4 Å². The van der Waals surface area contributed by atoms with E-state index in [2.05, 4.69) is 32.9 Å². The van der Waals surface area contributed by atoms with Crippen LogP contribution in [-0.4, -0.2) is 32.4 Å². The summed E-state index contributed by atoms with van der Waals surface area (Å²) in [6.45, 7) is 5.10. The van der Waals surface area contributed by atoms with E-state index in [4.69, 9.17) is 4.74 Å². The van der Waals surface area contributed by atoms with Gasteiger partial charge >= 0.3 is 5.97 Å². The lowest BCUT2D eigenvalue weighted by atomic mass is 10.2. The van der Waals surface area contributed by atoms with E-state index in [-0.39, 0.29) is 10.2 Å². The lowest BCUT2D eigenvalue weighted by Gasteiger charge is -2.10. The number of aryl methyl sites for hydroxylation is 1. The van der Waals surface area contributed by atoms with Gasteiger partial charge in [-0.25, -0.2) is 14.5 Å². The first-order valence-corrected chi connectivity index (χ1v) is 7.80. The van der Waals surface area contributed by atoms with Crippen molar-refractivity contribution in [3.63, 3.8) is 0 Å². The number of unbranched alkanes of at least 4 members (excludes halogenated alkanes) is 2. The molecular weight excluding hydrogens is 338 g/mol. The molecule has 114 valence electrons. The SMILES string of the molecule is CCCCCn1ncc2c(OCC)c(C(=O)O)c(Br)nc21. The van der Waals surface area contributed by atoms with Gasteiger partial charge in [-0.05, 0) is 29.3 Å². The minimum atomic E-state index is -1.07. The number of hydrogen-bond donors (Lipinski definition) is 1. The Labute approximate surface area is 131 Å². The van der Waals surface area contributed by atoms with Crippen LogP contribution in [0, 0.1) is 0 Å². The van der Waals surface area contributed by atoms with Gasteiger partial charge in [0.25, 0.3) is 0 Å². The summed E-state index contributed by atoms with van der Waals surface area (Å²) in [5, 5.41) is 14.3. The largest absolute Gasteiger partial charge is 0.492 e. The van der Waals surface area contributed by atoms with Crippen molar-refractivity contribution >= 4 is 32.9 Å². The van der Waals surface area contributed by atoms with Crippen LogP contribution in [0.1, 0.15) is 43.5 Å². The lowest BCUT2D eigenvalue weighted by molar-refractivity contribution is 0.0691. The number of carboxylic acids is 1. The second kappa shape index (κ2) is 6.89. The Balaban J connectivity index is 2.53. The Morgan fingerprint density at radius 3 is 2.81 bits per heavy atom. The maximum atomic E-state index is 11.4. The molecule has 2 heterocycles. The molecule has 0 spiro atoms. The molecule has 0 fully saturated rings. The first-order chi connectivity index (χ1) is 10.1. The summed E-state index contributed by atoms with van der Waals surface area (Å²) >= 11 is 3.23. The van der Waals surface area contributed by atoms with E-state index in [1.165, 1.54) is 0 Å². The van der Waals surface area contributed by atoms with E-state index >= 15 is 0 Å². The normalized spacial score (nSPS) is 11.0. The summed E-state index contributed by atoms with van der Waals surface area (Å²) in [7, 11) is 0. The van der Waals surface area contributed by atoms with Crippen molar-refractivity contribution in [1.82, 2.24) is 14.8 Å². The van der Waals surface area contributed by atoms with E-state index < -0.39 is 5.97 Å². The molecule has 0 atom stereocenters. The Morgan fingerprint density at radius 2 is 2.19 bits per heavy atom. The molecule has 0 amide bonds. The molecule has 2 aromatic heterocycles. The fourth-order valence-corrected chi connectivity index (χ4v) is 2.71. The quantitative estimate of drug-likeness (QED) is 0.607. The molecule has 1 N–H and O–H groups in total. The third-order valence-electron chi connectivity index (χ3n) is 3.17. The standard InChI is InChI=1S/C14H18BrN3O3/c1-3-5-6-7-18-13-9(8-16-18)11(21-4-2)10(14(19)20)12(15)17-13/h8H,3-7H2,1-2H3,(H,19,20). The van der Waals surface area contributed by atoms with Gasteiger partial charge in [-0.15, -0.1) is 0 Å². The van der Waals surface area contributed by atoms with Gasteiger partial charge in [-0.1, -0.05) is 19.8 Å². The van der Waals surface area contributed by atoms with Gasteiger partial charge in [0.2, 0.25) is 0 Å². The molecule has 0 unspecified atom stereocenters. The summed E-state index contributed by atoms with van der Waals surface area (Å²) in [5.41, 5.74) is 0.684. The van der Waals surface area contributed by atoms with Gasteiger partial charge in [-0.2, -0.15) is 5.10 Å². The predicted molar refractivity (Wildman–Crippen MR) is 82.9 cm³/mol. The molecule has 7 heteroatoms. The van der Waals surface area contributed by atoms with E-state index in [1.807, 2.05) is 6.92 Å². The number of nitrogens with zero attached hydrogens (tertiary/aromatic N) is 3. The third kappa shape index (κ3) is 3.18. The highest BCUT2D eigenvalue weighted by molar-refractivity contribution is 9.10. The lowest BCUT2D eigenvalue weighted by Crippen LogP contribution is -2.07. The van der Waals surface area contributed by atoms with E-state index in [9.17, 15) is 9.90 Å². The topological polar surface area (TPSA) is 77.2 Å². The highest BCUT2D eigenvalue weighted by atomic mass is 79.9. The number of carbonyl (C=O) groups is 1. The number of hydrogen-bond acceptors (Lipinski definition) is 4. The Morgan fingerprint density at radius 1 is 1.43 bits per heavy atom. The molecular formula is C14H18BrN3O3. The summed E-state index contributed by atoms with van der Waals surface area (Å²) in [6.07, 6.45) is 4.88. The minimum Gasteiger partial charge on any atom is -0.492 e. The fourth-order valence-electron chi connectivity index (χ4n) is 2.19. The van der Waals surface area contributed by atoms with Gasteiger partial charge < -0.3 is 9.84 Å². The maximum Gasteiger partial charge on any atom is 0.342 e. The number of aromatic carboxylic acids is 1. The molecule has 21 heavy (non-hydrogen) atoms. The average molecular weight is 356 g/mol. The second-order valence-corrected chi connectivity index (χ2v) is 5.41. The number of fused-ring (bicyclic) bond motifs is 1. The van der Waals surface area contributed by atoms with Gasteiger partial charge in [-0.3, -0.25) is 0 Å². The molecule has 2 rings (SSSR count). The third-order valence-corrected chi connectivity index (χ3v) is 3.74. The fraction of sp³-hybridized carbons (Fsp3) is 0.500.